The zero-order valence-corrected chi connectivity index (χ0v) is 11.4. The quantitative estimate of drug-likeness (QED) is 0.845. The molecule has 0 saturated heterocycles. The van der Waals surface area contributed by atoms with Gasteiger partial charge < -0.3 is 0 Å². The van der Waals surface area contributed by atoms with Crippen LogP contribution in [0.15, 0.2) is 23.1 Å². The van der Waals surface area contributed by atoms with Crippen molar-refractivity contribution in [2.75, 3.05) is 5.75 Å². The normalized spacial score (nSPS) is 18.4. The lowest BCUT2D eigenvalue weighted by atomic mass is 10.1. The van der Waals surface area contributed by atoms with Crippen LogP contribution in [0.1, 0.15) is 19.3 Å². The molecule has 0 amide bonds. The second-order valence-electron chi connectivity index (χ2n) is 4.38. The van der Waals surface area contributed by atoms with E-state index < -0.39 is 10.8 Å². The lowest BCUT2D eigenvalue weighted by Crippen LogP contribution is -2.12. The van der Waals surface area contributed by atoms with Crippen molar-refractivity contribution in [3.8, 4) is 6.07 Å². The van der Waals surface area contributed by atoms with Crippen molar-refractivity contribution in [2.24, 2.45) is 5.41 Å². The fraction of sp³-hybridized carbons (Fsp3) is 0.417. The SMILES string of the molecule is N#CCC1(CS(=O)c2c(Cl)cccc2Cl)CC1. The number of benzene rings is 1. The number of rotatable bonds is 4. The first kappa shape index (κ1) is 12.9. The molecule has 0 aromatic heterocycles. The molecular formula is C12H11Cl2NOS. The number of nitrogens with zero attached hydrogens (tertiary/aromatic N) is 1. The maximum atomic E-state index is 12.2. The summed E-state index contributed by atoms with van der Waals surface area (Å²) in [5, 5.41) is 9.60. The lowest BCUT2D eigenvalue weighted by Gasteiger charge is -2.12. The Kier molecular flexibility index (Phi) is 3.77. The molecule has 1 atom stereocenters. The molecule has 2 rings (SSSR count). The van der Waals surface area contributed by atoms with Gasteiger partial charge in [0, 0.05) is 12.2 Å². The van der Waals surface area contributed by atoms with Gasteiger partial charge in [-0.1, -0.05) is 29.3 Å². The Labute approximate surface area is 113 Å². The van der Waals surface area contributed by atoms with Gasteiger partial charge in [0.1, 0.15) is 0 Å². The molecule has 0 bridgehead atoms. The minimum absolute atomic E-state index is 0.0674. The van der Waals surface area contributed by atoms with Gasteiger partial charge in [0.05, 0.1) is 31.8 Å². The third-order valence-electron chi connectivity index (χ3n) is 3.00. The van der Waals surface area contributed by atoms with Crippen LogP contribution in [0.2, 0.25) is 10.0 Å². The summed E-state index contributed by atoms with van der Waals surface area (Å²) in [7, 11) is -1.23. The van der Waals surface area contributed by atoms with Crippen molar-refractivity contribution in [1.29, 1.82) is 5.26 Å². The average molecular weight is 288 g/mol. The molecular weight excluding hydrogens is 277 g/mol. The summed E-state index contributed by atoms with van der Waals surface area (Å²) in [4.78, 5) is 0.500. The molecule has 90 valence electrons. The number of halogens is 2. The topological polar surface area (TPSA) is 40.9 Å². The zero-order chi connectivity index (χ0) is 12.5. The highest BCUT2D eigenvalue weighted by Crippen LogP contribution is 2.50. The summed E-state index contributed by atoms with van der Waals surface area (Å²) in [6.07, 6.45) is 2.39. The van der Waals surface area contributed by atoms with Gasteiger partial charge in [-0.3, -0.25) is 4.21 Å². The van der Waals surface area contributed by atoms with Crippen LogP contribution in [-0.4, -0.2) is 9.96 Å². The zero-order valence-electron chi connectivity index (χ0n) is 9.08. The maximum absolute atomic E-state index is 12.2. The molecule has 1 unspecified atom stereocenters. The fourth-order valence-corrected chi connectivity index (χ4v) is 4.34. The van der Waals surface area contributed by atoms with E-state index in [2.05, 4.69) is 6.07 Å². The molecule has 0 aliphatic heterocycles. The fourth-order valence-electron chi connectivity index (χ4n) is 1.77. The molecule has 1 aliphatic carbocycles. The second-order valence-corrected chi connectivity index (χ2v) is 6.58. The Morgan fingerprint density at radius 2 is 1.94 bits per heavy atom. The van der Waals surface area contributed by atoms with E-state index in [0.29, 0.717) is 27.1 Å². The van der Waals surface area contributed by atoms with Crippen molar-refractivity contribution in [2.45, 2.75) is 24.2 Å². The molecule has 5 heteroatoms. The molecule has 2 nitrogen and oxygen atoms in total. The monoisotopic (exact) mass is 287 g/mol. The third-order valence-corrected chi connectivity index (χ3v) is 5.62. The number of nitriles is 1. The van der Waals surface area contributed by atoms with Gasteiger partial charge in [-0.2, -0.15) is 5.26 Å². The third kappa shape index (κ3) is 2.82. The average Bonchev–Trinajstić information content (AvgIpc) is 2.98. The minimum atomic E-state index is -1.23. The van der Waals surface area contributed by atoms with Crippen molar-refractivity contribution in [3.63, 3.8) is 0 Å². The van der Waals surface area contributed by atoms with Crippen LogP contribution >= 0.6 is 23.2 Å². The van der Waals surface area contributed by atoms with Crippen LogP contribution in [0.3, 0.4) is 0 Å². The van der Waals surface area contributed by atoms with E-state index in [1.54, 1.807) is 18.2 Å². The number of hydrogen-bond acceptors (Lipinski definition) is 2. The van der Waals surface area contributed by atoms with E-state index in [9.17, 15) is 4.21 Å². The molecule has 1 saturated carbocycles. The van der Waals surface area contributed by atoms with E-state index in [1.165, 1.54) is 0 Å². The van der Waals surface area contributed by atoms with Gasteiger partial charge in [-0.15, -0.1) is 0 Å². The smallest absolute Gasteiger partial charge is 0.0760 e. The highest BCUT2D eigenvalue weighted by atomic mass is 35.5. The molecule has 1 fully saturated rings. The van der Waals surface area contributed by atoms with Crippen LogP contribution in [0.5, 0.6) is 0 Å². The summed E-state index contributed by atoms with van der Waals surface area (Å²) >= 11 is 12.0. The van der Waals surface area contributed by atoms with Crippen molar-refractivity contribution < 1.29 is 4.21 Å². The Balaban J connectivity index is 2.19. The minimum Gasteiger partial charge on any atom is -0.254 e. The molecule has 1 aromatic rings. The van der Waals surface area contributed by atoms with Gasteiger partial charge in [-0.05, 0) is 30.4 Å². The first-order valence-electron chi connectivity index (χ1n) is 5.27. The van der Waals surface area contributed by atoms with Crippen LogP contribution in [0.4, 0.5) is 0 Å². The van der Waals surface area contributed by atoms with Gasteiger partial charge in [0.2, 0.25) is 0 Å². The Hall–Kier alpha value is -0.560. The molecule has 0 heterocycles. The summed E-state index contributed by atoms with van der Waals surface area (Å²) in [5.41, 5.74) is -0.0674. The highest BCUT2D eigenvalue weighted by molar-refractivity contribution is 7.85. The van der Waals surface area contributed by atoms with E-state index in [4.69, 9.17) is 28.5 Å². The van der Waals surface area contributed by atoms with Gasteiger partial charge >= 0.3 is 0 Å². The lowest BCUT2D eigenvalue weighted by molar-refractivity contribution is 0.587. The predicted octanol–water partition coefficient (Wildman–Crippen LogP) is 3.79. The highest BCUT2D eigenvalue weighted by Gasteiger charge is 2.44. The standard InChI is InChI=1S/C12H11Cl2NOS/c13-9-2-1-3-10(14)11(9)17(16)8-12(4-5-12)6-7-15/h1-3H,4-6,8H2. The summed E-state index contributed by atoms with van der Waals surface area (Å²) in [5.74, 6) is 0.476. The Bertz CT molecular complexity index is 485. The van der Waals surface area contributed by atoms with E-state index in [1.807, 2.05) is 0 Å². The molecule has 0 N–H and O–H groups in total. The van der Waals surface area contributed by atoms with Crippen LogP contribution in [-0.2, 0) is 10.8 Å². The van der Waals surface area contributed by atoms with Crippen LogP contribution in [0, 0.1) is 16.7 Å². The summed E-state index contributed by atoms with van der Waals surface area (Å²) < 4.78 is 12.2. The van der Waals surface area contributed by atoms with Crippen molar-refractivity contribution in [1.82, 2.24) is 0 Å². The van der Waals surface area contributed by atoms with E-state index >= 15 is 0 Å². The molecule has 0 spiro atoms. The van der Waals surface area contributed by atoms with E-state index in [-0.39, 0.29) is 5.41 Å². The molecule has 0 radical (unpaired) electrons. The van der Waals surface area contributed by atoms with Crippen LogP contribution < -0.4 is 0 Å². The first-order valence-corrected chi connectivity index (χ1v) is 7.35. The first-order chi connectivity index (χ1) is 8.08. The number of hydrogen-bond donors (Lipinski definition) is 0. The Morgan fingerprint density at radius 1 is 1.35 bits per heavy atom. The molecule has 17 heavy (non-hydrogen) atoms. The molecule has 1 aliphatic rings. The van der Waals surface area contributed by atoms with Gasteiger partial charge in [0.15, 0.2) is 0 Å². The molecule has 1 aromatic carbocycles. The maximum Gasteiger partial charge on any atom is 0.0760 e. The Morgan fingerprint density at radius 3 is 2.41 bits per heavy atom. The van der Waals surface area contributed by atoms with Gasteiger partial charge in [-0.25, -0.2) is 0 Å². The summed E-state index contributed by atoms with van der Waals surface area (Å²) in [6, 6.07) is 7.26. The largest absolute Gasteiger partial charge is 0.254 e. The van der Waals surface area contributed by atoms with Crippen molar-refractivity contribution >= 4 is 34.0 Å². The second kappa shape index (κ2) is 4.97. The van der Waals surface area contributed by atoms with E-state index in [0.717, 1.165) is 12.8 Å². The predicted molar refractivity (Wildman–Crippen MR) is 69.6 cm³/mol. The van der Waals surface area contributed by atoms with Gasteiger partial charge in [0.25, 0.3) is 0 Å². The summed E-state index contributed by atoms with van der Waals surface area (Å²) in [6.45, 7) is 0. The van der Waals surface area contributed by atoms with Crippen LogP contribution in [0.25, 0.3) is 0 Å². The van der Waals surface area contributed by atoms with Crippen molar-refractivity contribution in [3.05, 3.63) is 28.2 Å².